The fourth-order valence-corrected chi connectivity index (χ4v) is 6.12. The van der Waals surface area contributed by atoms with Crippen LogP contribution in [-0.4, -0.2) is 56.8 Å². The Morgan fingerprint density at radius 1 is 1.12 bits per heavy atom. The van der Waals surface area contributed by atoms with E-state index < -0.39 is 8.32 Å². The lowest BCUT2D eigenvalue weighted by Crippen LogP contribution is -2.40. The highest BCUT2D eigenvalue weighted by atomic mass is 28.4. The summed E-state index contributed by atoms with van der Waals surface area (Å²) in [5.41, 5.74) is 8.59. The van der Waals surface area contributed by atoms with Gasteiger partial charge in [0.15, 0.2) is 14.0 Å². The van der Waals surface area contributed by atoms with Gasteiger partial charge >= 0.3 is 0 Å². The molecular formula is C30H36N6O3Si. The molecule has 1 saturated heterocycles. The zero-order valence-corrected chi connectivity index (χ0v) is 24.0. The summed E-state index contributed by atoms with van der Waals surface area (Å²) in [5, 5.41) is 5.68. The van der Waals surface area contributed by atoms with Gasteiger partial charge in [-0.05, 0) is 80.9 Å². The molecule has 0 spiro atoms. The number of aromatic nitrogens is 4. The van der Waals surface area contributed by atoms with E-state index in [1.807, 2.05) is 83.3 Å². The summed E-state index contributed by atoms with van der Waals surface area (Å²) in [6.45, 7) is 5.13. The molecule has 3 N–H and O–H groups in total. The van der Waals surface area contributed by atoms with Crippen LogP contribution < -0.4 is 10.5 Å². The molecule has 1 fully saturated rings. The molecule has 3 heterocycles. The Labute approximate surface area is 235 Å². The average molecular weight is 557 g/mol. The van der Waals surface area contributed by atoms with Gasteiger partial charge in [-0.15, -0.1) is 0 Å². The van der Waals surface area contributed by atoms with Crippen LogP contribution in [0.4, 0.5) is 5.82 Å². The molecule has 0 aliphatic carbocycles. The third-order valence-electron chi connectivity index (χ3n) is 7.10. The maximum atomic E-state index is 13.0. The number of hydrogen-bond donors (Lipinski definition) is 2. The standard InChI is InChI=1S/C30H36N6O3Si/c1-40(2,38)19-8-4-7-13-26(37)35-18-9-10-23(20-35)36-30-27(29(31)32-21-33-30)28(34-36)22-14-16-25(17-15-22)39-24-11-5-3-6-12-24/h3,5-7,11-17,21,23,38H,4,8-10,18-20H2,1-2H3,(H2,31,32,33)/b13-7+/t23-/m0/s1. The average Bonchev–Trinajstić information content (AvgIpc) is 3.34. The van der Waals surface area contributed by atoms with Crippen LogP contribution in [0.15, 0.2) is 73.1 Å². The van der Waals surface area contributed by atoms with Gasteiger partial charge < -0.3 is 20.2 Å². The molecule has 5 rings (SSSR count). The number of para-hydroxylation sites is 1. The first-order valence-corrected chi connectivity index (χ1v) is 16.9. The van der Waals surface area contributed by atoms with Crippen molar-refractivity contribution in [2.45, 2.75) is 50.9 Å². The number of nitrogens with zero attached hydrogens (tertiary/aromatic N) is 5. The Kier molecular flexibility index (Phi) is 8.27. The zero-order valence-electron chi connectivity index (χ0n) is 23.0. The predicted molar refractivity (Wildman–Crippen MR) is 159 cm³/mol. The molecule has 1 amide bonds. The van der Waals surface area contributed by atoms with Gasteiger partial charge in [0.05, 0.1) is 11.4 Å². The van der Waals surface area contributed by atoms with E-state index >= 15 is 0 Å². The number of fused-ring (bicyclic) bond motifs is 1. The Morgan fingerprint density at radius 2 is 1.88 bits per heavy atom. The first kappa shape index (κ1) is 27.5. The number of amides is 1. The summed E-state index contributed by atoms with van der Waals surface area (Å²) < 4.78 is 7.85. The Morgan fingerprint density at radius 3 is 2.62 bits per heavy atom. The number of benzene rings is 2. The van der Waals surface area contributed by atoms with E-state index in [-0.39, 0.29) is 11.9 Å². The minimum absolute atomic E-state index is 0.00466. The van der Waals surface area contributed by atoms with Crippen molar-refractivity contribution in [3.05, 3.63) is 73.1 Å². The number of rotatable bonds is 9. The second-order valence-electron chi connectivity index (χ2n) is 10.9. The number of likely N-dealkylation sites (tertiary alicyclic amines) is 1. The third kappa shape index (κ3) is 6.57. The number of piperidine rings is 1. The van der Waals surface area contributed by atoms with Crippen LogP contribution >= 0.6 is 0 Å². The maximum Gasteiger partial charge on any atom is 0.246 e. The number of nitrogen functional groups attached to an aromatic ring is 1. The van der Waals surface area contributed by atoms with Crippen LogP contribution in [0.25, 0.3) is 22.3 Å². The normalized spacial score (nSPS) is 16.1. The highest BCUT2D eigenvalue weighted by Crippen LogP contribution is 2.35. The summed E-state index contributed by atoms with van der Waals surface area (Å²) in [6.07, 6.45) is 8.49. The molecule has 1 aliphatic heterocycles. The lowest BCUT2D eigenvalue weighted by atomic mass is 10.1. The third-order valence-corrected chi connectivity index (χ3v) is 8.68. The topological polar surface area (TPSA) is 119 Å². The van der Waals surface area contributed by atoms with Crippen molar-refractivity contribution in [3.63, 3.8) is 0 Å². The molecular weight excluding hydrogens is 520 g/mol. The van der Waals surface area contributed by atoms with E-state index in [1.165, 1.54) is 6.33 Å². The van der Waals surface area contributed by atoms with E-state index in [1.54, 1.807) is 6.08 Å². The maximum absolute atomic E-state index is 13.0. The molecule has 0 saturated carbocycles. The lowest BCUT2D eigenvalue weighted by molar-refractivity contribution is -0.127. The van der Waals surface area contributed by atoms with Crippen LogP contribution in [0.1, 0.15) is 31.7 Å². The van der Waals surface area contributed by atoms with E-state index in [2.05, 4.69) is 9.97 Å². The quantitative estimate of drug-likeness (QED) is 0.157. The number of nitrogens with two attached hydrogens (primary N) is 1. The number of anilines is 1. The Hall–Kier alpha value is -4.02. The highest BCUT2D eigenvalue weighted by Gasteiger charge is 2.28. The SMILES string of the molecule is C[Si](C)(O)CCC/C=C/C(=O)N1CCC[C@H](n2nc(-c3ccc(Oc4ccccc4)cc3)c3c(N)ncnc32)C1. The van der Waals surface area contributed by atoms with Crippen LogP contribution in [0, 0.1) is 0 Å². The van der Waals surface area contributed by atoms with E-state index in [9.17, 15) is 9.59 Å². The summed E-state index contributed by atoms with van der Waals surface area (Å²) >= 11 is 0. The monoisotopic (exact) mass is 556 g/mol. The van der Waals surface area contributed by atoms with Crippen molar-refractivity contribution < 1.29 is 14.3 Å². The number of hydrogen-bond acceptors (Lipinski definition) is 7. The van der Waals surface area contributed by atoms with Crippen LogP contribution in [0.3, 0.4) is 0 Å². The molecule has 40 heavy (non-hydrogen) atoms. The van der Waals surface area contributed by atoms with Crippen molar-refractivity contribution in [3.8, 4) is 22.8 Å². The summed E-state index contributed by atoms with van der Waals surface area (Å²) in [5.74, 6) is 1.87. The van der Waals surface area contributed by atoms with Gasteiger partial charge in [-0.2, -0.15) is 5.10 Å². The zero-order chi connectivity index (χ0) is 28.1. The molecule has 10 heteroatoms. The second kappa shape index (κ2) is 12.0. The molecule has 1 atom stereocenters. The summed E-state index contributed by atoms with van der Waals surface area (Å²) in [7, 11) is -2.05. The van der Waals surface area contributed by atoms with Gasteiger partial charge in [-0.3, -0.25) is 4.79 Å². The number of unbranched alkanes of at least 4 members (excludes halogenated alkanes) is 1. The minimum Gasteiger partial charge on any atom is -0.457 e. The molecule has 0 bridgehead atoms. The largest absolute Gasteiger partial charge is 0.457 e. The molecule has 0 radical (unpaired) electrons. The van der Waals surface area contributed by atoms with Crippen molar-refractivity contribution in [1.82, 2.24) is 24.6 Å². The molecule has 9 nitrogen and oxygen atoms in total. The number of carbonyl (C=O) groups excluding carboxylic acids is 1. The van der Waals surface area contributed by atoms with Gasteiger partial charge in [-0.25, -0.2) is 14.6 Å². The molecule has 0 unspecified atom stereocenters. The number of ether oxygens (including phenoxy) is 1. The van der Waals surface area contributed by atoms with Gasteiger partial charge in [-0.1, -0.05) is 30.7 Å². The van der Waals surface area contributed by atoms with Crippen LogP contribution in [0.2, 0.25) is 19.1 Å². The van der Waals surface area contributed by atoms with Gasteiger partial charge in [0.25, 0.3) is 0 Å². The van der Waals surface area contributed by atoms with E-state index in [0.29, 0.717) is 35.6 Å². The molecule has 208 valence electrons. The molecule has 1 aliphatic rings. The van der Waals surface area contributed by atoms with Crippen molar-refractivity contribution in [2.24, 2.45) is 0 Å². The molecule has 2 aromatic heterocycles. The van der Waals surface area contributed by atoms with Gasteiger partial charge in [0, 0.05) is 18.7 Å². The Bertz CT molecular complexity index is 1480. The number of carbonyl (C=O) groups is 1. The first-order chi connectivity index (χ1) is 19.3. The fraction of sp³-hybridized carbons (Fsp3) is 0.333. The smallest absolute Gasteiger partial charge is 0.246 e. The summed E-state index contributed by atoms with van der Waals surface area (Å²) in [4.78, 5) is 33.6. The van der Waals surface area contributed by atoms with Crippen LogP contribution in [0.5, 0.6) is 11.5 Å². The van der Waals surface area contributed by atoms with Gasteiger partial charge in [0.2, 0.25) is 5.91 Å². The summed E-state index contributed by atoms with van der Waals surface area (Å²) in [6, 6.07) is 18.2. The molecule has 2 aromatic carbocycles. The Balaban J connectivity index is 1.34. The van der Waals surface area contributed by atoms with Crippen molar-refractivity contribution in [1.29, 1.82) is 0 Å². The van der Waals surface area contributed by atoms with Crippen molar-refractivity contribution >= 4 is 31.1 Å². The first-order valence-electron chi connectivity index (χ1n) is 13.8. The highest BCUT2D eigenvalue weighted by molar-refractivity contribution is 6.69. The second-order valence-corrected chi connectivity index (χ2v) is 15.0. The van der Waals surface area contributed by atoms with E-state index in [4.69, 9.17) is 15.6 Å². The van der Waals surface area contributed by atoms with E-state index in [0.717, 1.165) is 48.8 Å². The van der Waals surface area contributed by atoms with Gasteiger partial charge in [0.1, 0.15) is 29.3 Å². The van der Waals surface area contributed by atoms with Crippen molar-refractivity contribution in [2.75, 3.05) is 18.8 Å². The molecule has 4 aromatic rings. The number of allylic oxidation sites excluding steroid dienone is 1. The minimum atomic E-state index is -2.05. The fourth-order valence-electron chi connectivity index (χ4n) is 5.05. The predicted octanol–water partition coefficient (Wildman–Crippen LogP) is 5.57. The lowest BCUT2D eigenvalue weighted by Gasteiger charge is -2.32. The van der Waals surface area contributed by atoms with Crippen LogP contribution in [-0.2, 0) is 4.79 Å².